The minimum Gasteiger partial charge on any atom is -0.493 e. The number of ether oxygens (including phenoxy) is 1. The lowest BCUT2D eigenvalue weighted by atomic mass is 10.1. The van der Waals surface area contributed by atoms with Gasteiger partial charge in [0.15, 0.2) is 0 Å². The molecule has 2 aromatic carbocycles. The van der Waals surface area contributed by atoms with Crippen molar-refractivity contribution in [1.82, 2.24) is 0 Å². The Bertz CT molecular complexity index is 718. The Kier molecular flexibility index (Phi) is 4.69. The van der Waals surface area contributed by atoms with Crippen molar-refractivity contribution in [3.63, 3.8) is 0 Å². The zero-order valence-electron chi connectivity index (χ0n) is 12.4. The van der Waals surface area contributed by atoms with Crippen LogP contribution in [0.15, 0.2) is 36.4 Å². The highest BCUT2D eigenvalue weighted by Gasteiger charge is 2.17. The van der Waals surface area contributed by atoms with E-state index >= 15 is 0 Å². The van der Waals surface area contributed by atoms with E-state index in [4.69, 9.17) is 16.3 Å². The molecule has 1 N–H and O–H groups in total. The molecule has 22 heavy (non-hydrogen) atoms. The van der Waals surface area contributed by atoms with Crippen molar-refractivity contribution in [2.75, 3.05) is 18.2 Å². The van der Waals surface area contributed by atoms with Crippen LogP contribution in [-0.2, 0) is 29.5 Å². The molecule has 0 bridgehead atoms. The molecule has 0 radical (unpaired) electrons. The minimum absolute atomic E-state index is 0.575. The van der Waals surface area contributed by atoms with Crippen molar-refractivity contribution < 1.29 is 8.95 Å². The summed E-state index contributed by atoms with van der Waals surface area (Å²) in [5.74, 6) is 1.54. The first kappa shape index (κ1) is 15.4. The van der Waals surface area contributed by atoms with Crippen molar-refractivity contribution in [1.29, 1.82) is 0 Å². The lowest BCUT2D eigenvalue weighted by Crippen LogP contribution is -2.02. The quantitative estimate of drug-likeness (QED) is 0.904. The molecular weight excluding hydrogens is 318 g/mol. The molecule has 1 atom stereocenters. The van der Waals surface area contributed by atoms with Gasteiger partial charge in [-0.05, 0) is 35.4 Å². The van der Waals surface area contributed by atoms with Gasteiger partial charge < -0.3 is 10.1 Å². The van der Waals surface area contributed by atoms with Gasteiger partial charge in [0, 0.05) is 52.0 Å². The second-order valence-electron chi connectivity index (χ2n) is 5.42. The molecule has 116 valence electrons. The zero-order chi connectivity index (χ0) is 15.5. The first-order valence-corrected chi connectivity index (χ1v) is 9.29. The standard InChI is InChI=1S/C17H18ClNO2S/c1-22(20)11-12-3-2-4-16(7-12)19-10-14-9-15(18)8-13-5-6-21-17(13)14/h2-4,7-9,19H,5-6,10-11H2,1H3/t22-/m1/s1. The van der Waals surface area contributed by atoms with Crippen LogP contribution in [0.3, 0.4) is 0 Å². The third-order valence-corrected chi connectivity index (χ3v) is 4.56. The molecule has 1 heterocycles. The van der Waals surface area contributed by atoms with Gasteiger partial charge in [-0.1, -0.05) is 23.7 Å². The van der Waals surface area contributed by atoms with Crippen LogP contribution >= 0.6 is 11.6 Å². The topological polar surface area (TPSA) is 38.3 Å². The smallest absolute Gasteiger partial charge is 0.127 e. The minimum atomic E-state index is -0.833. The molecule has 3 nitrogen and oxygen atoms in total. The van der Waals surface area contributed by atoms with Gasteiger partial charge in [-0.3, -0.25) is 4.21 Å². The molecule has 0 aromatic heterocycles. The predicted octanol–water partition coefficient (Wildman–Crippen LogP) is 3.77. The molecule has 0 aliphatic carbocycles. The van der Waals surface area contributed by atoms with Crippen molar-refractivity contribution in [3.05, 3.63) is 58.1 Å². The molecule has 0 amide bonds. The average molecular weight is 336 g/mol. The Hall–Kier alpha value is -1.52. The maximum absolute atomic E-state index is 11.3. The number of halogens is 1. The van der Waals surface area contributed by atoms with E-state index in [1.54, 1.807) is 6.26 Å². The van der Waals surface area contributed by atoms with Gasteiger partial charge in [-0.15, -0.1) is 0 Å². The van der Waals surface area contributed by atoms with E-state index in [1.165, 1.54) is 5.56 Å². The Morgan fingerprint density at radius 1 is 1.32 bits per heavy atom. The van der Waals surface area contributed by atoms with Crippen LogP contribution in [0, 0.1) is 0 Å². The van der Waals surface area contributed by atoms with Crippen LogP contribution in [0.5, 0.6) is 5.75 Å². The summed E-state index contributed by atoms with van der Waals surface area (Å²) in [5, 5.41) is 4.14. The van der Waals surface area contributed by atoms with Gasteiger partial charge in [0.25, 0.3) is 0 Å². The number of benzene rings is 2. The lowest BCUT2D eigenvalue weighted by Gasteiger charge is -2.12. The third-order valence-electron chi connectivity index (χ3n) is 3.61. The van der Waals surface area contributed by atoms with Gasteiger partial charge in [0.05, 0.1) is 6.61 Å². The van der Waals surface area contributed by atoms with Crippen LogP contribution in [0.25, 0.3) is 0 Å². The SMILES string of the molecule is C[S@@](=O)Cc1cccc(NCc2cc(Cl)cc3c2OCC3)c1. The molecular formula is C17H18ClNO2S. The number of hydrogen-bond acceptors (Lipinski definition) is 3. The molecule has 0 saturated carbocycles. The molecule has 0 fully saturated rings. The monoisotopic (exact) mass is 335 g/mol. The molecule has 0 spiro atoms. The van der Waals surface area contributed by atoms with E-state index < -0.39 is 10.8 Å². The second-order valence-corrected chi connectivity index (χ2v) is 7.29. The van der Waals surface area contributed by atoms with E-state index in [-0.39, 0.29) is 0 Å². The van der Waals surface area contributed by atoms with Crippen molar-refractivity contribution in [3.8, 4) is 5.75 Å². The van der Waals surface area contributed by atoms with Gasteiger partial charge in [-0.2, -0.15) is 0 Å². The third kappa shape index (κ3) is 3.62. The number of fused-ring (bicyclic) bond motifs is 1. The molecule has 0 saturated heterocycles. The predicted molar refractivity (Wildman–Crippen MR) is 92.2 cm³/mol. The summed E-state index contributed by atoms with van der Waals surface area (Å²) in [5.41, 5.74) is 4.33. The molecule has 1 aliphatic heterocycles. The van der Waals surface area contributed by atoms with Crippen LogP contribution in [0.1, 0.15) is 16.7 Å². The van der Waals surface area contributed by atoms with Gasteiger partial charge in [-0.25, -0.2) is 0 Å². The van der Waals surface area contributed by atoms with E-state index in [0.717, 1.165) is 40.6 Å². The lowest BCUT2D eigenvalue weighted by molar-refractivity contribution is 0.354. The van der Waals surface area contributed by atoms with Crippen LogP contribution in [0.2, 0.25) is 5.02 Å². The van der Waals surface area contributed by atoms with E-state index in [2.05, 4.69) is 5.32 Å². The summed E-state index contributed by atoms with van der Waals surface area (Å²) in [6.45, 7) is 1.38. The average Bonchev–Trinajstić information content (AvgIpc) is 2.92. The summed E-state index contributed by atoms with van der Waals surface area (Å²) in [4.78, 5) is 0. The fourth-order valence-corrected chi connectivity index (χ4v) is 3.59. The van der Waals surface area contributed by atoms with Crippen LogP contribution in [-0.4, -0.2) is 17.1 Å². The molecule has 1 aliphatic rings. The fraction of sp³-hybridized carbons (Fsp3) is 0.294. The largest absolute Gasteiger partial charge is 0.493 e. The molecule has 2 aromatic rings. The molecule has 3 rings (SSSR count). The van der Waals surface area contributed by atoms with Crippen molar-refractivity contribution in [2.24, 2.45) is 0 Å². The summed E-state index contributed by atoms with van der Waals surface area (Å²) in [6.07, 6.45) is 2.63. The summed E-state index contributed by atoms with van der Waals surface area (Å²) in [7, 11) is -0.833. The van der Waals surface area contributed by atoms with Crippen molar-refractivity contribution in [2.45, 2.75) is 18.7 Å². The first-order chi connectivity index (χ1) is 10.6. The van der Waals surface area contributed by atoms with Gasteiger partial charge in [0.2, 0.25) is 0 Å². The number of nitrogens with one attached hydrogen (secondary N) is 1. The van der Waals surface area contributed by atoms with Crippen LogP contribution < -0.4 is 10.1 Å². The second kappa shape index (κ2) is 6.71. The highest BCUT2D eigenvalue weighted by atomic mass is 35.5. The normalized spacial score (nSPS) is 14.3. The van der Waals surface area contributed by atoms with E-state index in [1.807, 2.05) is 36.4 Å². The molecule has 5 heteroatoms. The number of anilines is 1. The Morgan fingerprint density at radius 2 is 2.18 bits per heavy atom. The summed E-state index contributed by atoms with van der Waals surface area (Å²) >= 11 is 6.18. The highest BCUT2D eigenvalue weighted by molar-refractivity contribution is 7.83. The maximum atomic E-state index is 11.3. The number of hydrogen-bond donors (Lipinski definition) is 1. The van der Waals surface area contributed by atoms with Gasteiger partial charge >= 0.3 is 0 Å². The zero-order valence-corrected chi connectivity index (χ0v) is 14.0. The number of rotatable bonds is 5. The van der Waals surface area contributed by atoms with E-state index in [9.17, 15) is 4.21 Å². The summed E-state index contributed by atoms with van der Waals surface area (Å²) in [6, 6.07) is 11.9. The first-order valence-electron chi connectivity index (χ1n) is 7.19. The van der Waals surface area contributed by atoms with E-state index in [0.29, 0.717) is 12.3 Å². The Balaban J connectivity index is 1.74. The Morgan fingerprint density at radius 3 is 3.00 bits per heavy atom. The van der Waals surface area contributed by atoms with Gasteiger partial charge in [0.1, 0.15) is 5.75 Å². The highest BCUT2D eigenvalue weighted by Crippen LogP contribution is 2.33. The maximum Gasteiger partial charge on any atom is 0.127 e. The summed E-state index contributed by atoms with van der Waals surface area (Å²) < 4.78 is 17.0. The Labute approximate surface area is 138 Å². The van der Waals surface area contributed by atoms with Crippen LogP contribution in [0.4, 0.5) is 5.69 Å². The van der Waals surface area contributed by atoms with Crippen molar-refractivity contribution >= 4 is 28.1 Å². The molecule has 0 unspecified atom stereocenters. The fourth-order valence-electron chi connectivity index (χ4n) is 2.68.